The van der Waals surface area contributed by atoms with Gasteiger partial charge in [-0.2, -0.15) is 13.2 Å². The number of halogens is 3. The number of rotatable bonds is 7. The number of amides is 2. The van der Waals surface area contributed by atoms with Crippen LogP contribution >= 0.6 is 0 Å². The van der Waals surface area contributed by atoms with Crippen molar-refractivity contribution in [2.24, 2.45) is 5.92 Å². The molecule has 0 saturated carbocycles. The van der Waals surface area contributed by atoms with E-state index in [0.29, 0.717) is 13.0 Å². The van der Waals surface area contributed by atoms with Gasteiger partial charge in [-0.05, 0) is 31.4 Å². The van der Waals surface area contributed by atoms with Crippen molar-refractivity contribution in [1.29, 1.82) is 0 Å². The van der Waals surface area contributed by atoms with Crippen LogP contribution in [0.2, 0.25) is 0 Å². The summed E-state index contributed by atoms with van der Waals surface area (Å²) in [4.78, 5) is 11.8. The smallest absolute Gasteiger partial charge is 0.422 e. The summed E-state index contributed by atoms with van der Waals surface area (Å²) in [5, 5.41) is 14.3. The first-order valence-corrected chi connectivity index (χ1v) is 7.19. The molecule has 0 heterocycles. The molecule has 0 bridgehead atoms. The van der Waals surface area contributed by atoms with Crippen molar-refractivity contribution in [3.8, 4) is 5.75 Å². The molecule has 1 aromatic rings. The Labute approximate surface area is 132 Å². The van der Waals surface area contributed by atoms with Crippen LogP contribution in [0.3, 0.4) is 0 Å². The summed E-state index contributed by atoms with van der Waals surface area (Å²) in [5.74, 6) is 0.00878. The van der Waals surface area contributed by atoms with Gasteiger partial charge in [0.05, 0.1) is 11.8 Å². The number of alkyl halides is 3. The van der Waals surface area contributed by atoms with E-state index in [4.69, 9.17) is 0 Å². The third-order valence-corrected chi connectivity index (χ3v) is 2.88. The van der Waals surface area contributed by atoms with Crippen molar-refractivity contribution in [2.75, 3.05) is 18.5 Å². The highest BCUT2D eigenvalue weighted by Crippen LogP contribution is 2.26. The molecule has 3 N–H and O–H groups in total. The zero-order valence-corrected chi connectivity index (χ0v) is 13.0. The number of anilines is 1. The average Bonchev–Trinajstić information content (AvgIpc) is 2.42. The number of nitrogens with one attached hydrogen (secondary N) is 2. The van der Waals surface area contributed by atoms with Crippen LogP contribution in [0, 0.1) is 5.92 Å². The van der Waals surface area contributed by atoms with Crippen LogP contribution in [0.15, 0.2) is 24.3 Å². The second kappa shape index (κ2) is 8.61. The number of aliphatic hydroxyl groups is 1. The number of hydrogen-bond donors (Lipinski definition) is 3. The lowest BCUT2D eigenvalue weighted by atomic mass is 10.1. The molecule has 8 heteroatoms. The predicted octanol–water partition coefficient (Wildman–Crippen LogP) is 3.16. The van der Waals surface area contributed by atoms with E-state index >= 15 is 0 Å². The molecule has 5 nitrogen and oxygen atoms in total. The van der Waals surface area contributed by atoms with Gasteiger partial charge in [0.1, 0.15) is 5.75 Å². The van der Waals surface area contributed by atoms with Gasteiger partial charge in [0.15, 0.2) is 6.61 Å². The van der Waals surface area contributed by atoms with Crippen LogP contribution < -0.4 is 15.4 Å². The number of ether oxygens (including phenoxy) is 1. The van der Waals surface area contributed by atoms with Gasteiger partial charge < -0.3 is 20.5 Å². The predicted molar refractivity (Wildman–Crippen MR) is 80.5 cm³/mol. The molecular formula is C15H21F3N2O3. The lowest BCUT2D eigenvalue weighted by molar-refractivity contribution is -0.153. The van der Waals surface area contributed by atoms with Crippen molar-refractivity contribution < 1.29 is 27.8 Å². The van der Waals surface area contributed by atoms with Gasteiger partial charge in [-0.15, -0.1) is 0 Å². The maximum Gasteiger partial charge on any atom is 0.422 e. The summed E-state index contributed by atoms with van der Waals surface area (Å²) >= 11 is 0. The highest BCUT2D eigenvalue weighted by atomic mass is 19.4. The number of urea groups is 1. The molecule has 0 aliphatic rings. The molecule has 0 aliphatic heterocycles. The van der Waals surface area contributed by atoms with Gasteiger partial charge in [0.2, 0.25) is 0 Å². The van der Waals surface area contributed by atoms with Crippen molar-refractivity contribution in [2.45, 2.75) is 32.5 Å². The lowest BCUT2D eigenvalue weighted by Crippen LogP contribution is -2.33. The highest BCUT2D eigenvalue weighted by Gasteiger charge is 2.28. The van der Waals surface area contributed by atoms with Crippen LogP contribution in [0.25, 0.3) is 0 Å². The molecule has 1 aromatic carbocycles. The zero-order chi connectivity index (χ0) is 17.5. The first-order chi connectivity index (χ1) is 10.7. The van der Waals surface area contributed by atoms with Crippen LogP contribution in [0.4, 0.5) is 23.7 Å². The highest BCUT2D eigenvalue weighted by molar-refractivity contribution is 5.90. The summed E-state index contributed by atoms with van der Waals surface area (Å²) in [6, 6.07) is 5.33. The Morgan fingerprint density at radius 2 is 1.96 bits per heavy atom. The van der Waals surface area contributed by atoms with Crippen molar-refractivity contribution in [1.82, 2.24) is 5.32 Å². The molecule has 0 aromatic heterocycles. The maximum atomic E-state index is 12.2. The minimum absolute atomic E-state index is 0.0583. The topological polar surface area (TPSA) is 70.6 Å². The van der Waals surface area contributed by atoms with Crippen molar-refractivity contribution in [3.05, 3.63) is 24.3 Å². The Hall–Kier alpha value is -1.96. The summed E-state index contributed by atoms with van der Waals surface area (Å²) in [6.45, 7) is 2.43. The number of carbonyl (C=O) groups excluding carboxylic acids is 1. The normalized spacial score (nSPS) is 14.0. The number of hydrogen-bond acceptors (Lipinski definition) is 3. The van der Waals surface area contributed by atoms with Crippen LogP contribution in [-0.4, -0.2) is 36.6 Å². The van der Waals surface area contributed by atoms with Crippen LogP contribution in [-0.2, 0) is 0 Å². The fraction of sp³-hybridized carbons (Fsp3) is 0.533. The molecule has 2 amide bonds. The summed E-state index contributed by atoms with van der Waals surface area (Å²) in [6.07, 6.45) is -4.39. The largest absolute Gasteiger partial charge is 0.482 e. The molecule has 0 saturated heterocycles. The fourth-order valence-electron chi connectivity index (χ4n) is 1.95. The van der Waals surface area contributed by atoms with Gasteiger partial charge in [-0.3, -0.25) is 0 Å². The SMILES string of the molecule is CC(O)CC(C)CNC(=O)Nc1ccccc1OCC(F)(F)F. The molecule has 1 rings (SSSR count). The quantitative estimate of drug-likeness (QED) is 0.717. The number of aliphatic hydroxyl groups excluding tert-OH is 1. The van der Waals surface area contributed by atoms with E-state index in [2.05, 4.69) is 15.4 Å². The molecule has 0 fully saturated rings. The molecule has 2 unspecified atom stereocenters. The van der Waals surface area contributed by atoms with Gasteiger partial charge in [-0.25, -0.2) is 4.79 Å². The summed E-state index contributed by atoms with van der Waals surface area (Å²) < 4.78 is 41.3. The second-order valence-corrected chi connectivity index (χ2v) is 5.42. The van der Waals surface area contributed by atoms with E-state index in [1.165, 1.54) is 18.2 Å². The minimum atomic E-state index is -4.45. The average molecular weight is 334 g/mol. The second-order valence-electron chi connectivity index (χ2n) is 5.42. The standard InChI is InChI=1S/C15H21F3N2O3/c1-10(7-11(2)21)8-19-14(22)20-12-5-3-4-6-13(12)23-9-15(16,17)18/h3-6,10-11,21H,7-9H2,1-2H3,(H2,19,20,22). The molecular weight excluding hydrogens is 313 g/mol. The minimum Gasteiger partial charge on any atom is -0.482 e. The van der Waals surface area contributed by atoms with Gasteiger partial charge >= 0.3 is 12.2 Å². The van der Waals surface area contributed by atoms with Gasteiger partial charge in [-0.1, -0.05) is 19.1 Å². The van der Waals surface area contributed by atoms with E-state index in [1.807, 2.05) is 6.92 Å². The summed E-state index contributed by atoms with van der Waals surface area (Å²) in [7, 11) is 0. The van der Waals surface area contributed by atoms with Crippen molar-refractivity contribution >= 4 is 11.7 Å². The Kier molecular flexibility index (Phi) is 7.15. The molecule has 0 spiro atoms. The monoisotopic (exact) mass is 334 g/mol. The Bertz CT molecular complexity index is 507. The number of benzene rings is 1. The Balaban J connectivity index is 2.54. The maximum absolute atomic E-state index is 12.2. The Morgan fingerprint density at radius 3 is 2.57 bits per heavy atom. The first-order valence-electron chi connectivity index (χ1n) is 7.19. The van der Waals surface area contributed by atoms with E-state index in [0.717, 1.165) is 0 Å². The molecule has 2 atom stereocenters. The van der Waals surface area contributed by atoms with E-state index in [-0.39, 0.29) is 17.4 Å². The van der Waals surface area contributed by atoms with E-state index < -0.39 is 24.9 Å². The number of carbonyl (C=O) groups is 1. The van der Waals surface area contributed by atoms with Gasteiger partial charge in [0, 0.05) is 6.54 Å². The third-order valence-electron chi connectivity index (χ3n) is 2.88. The van der Waals surface area contributed by atoms with E-state index in [9.17, 15) is 23.1 Å². The number of para-hydroxylation sites is 2. The van der Waals surface area contributed by atoms with Crippen LogP contribution in [0.1, 0.15) is 20.3 Å². The van der Waals surface area contributed by atoms with Crippen molar-refractivity contribution in [3.63, 3.8) is 0 Å². The molecule has 0 radical (unpaired) electrons. The molecule has 130 valence electrons. The Morgan fingerprint density at radius 1 is 1.30 bits per heavy atom. The lowest BCUT2D eigenvalue weighted by Gasteiger charge is -2.16. The van der Waals surface area contributed by atoms with Gasteiger partial charge in [0.25, 0.3) is 0 Å². The first kappa shape index (κ1) is 19.1. The van der Waals surface area contributed by atoms with E-state index in [1.54, 1.807) is 13.0 Å². The molecule has 0 aliphatic carbocycles. The van der Waals surface area contributed by atoms with Crippen LogP contribution in [0.5, 0.6) is 5.75 Å². The summed E-state index contributed by atoms with van der Waals surface area (Å²) in [5.41, 5.74) is 0.150. The zero-order valence-electron chi connectivity index (χ0n) is 13.0. The fourth-order valence-corrected chi connectivity index (χ4v) is 1.95. The molecule has 23 heavy (non-hydrogen) atoms. The third kappa shape index (κ3) is 8.29.